The molecule has 19 heavy (non-hydrogen) atoms. The first kappa shape index (κ1) is 16.4. The van der Waals surface area contributed by atoms with E-state index >= 15 is 0 Å². The fourth-order valence-corrected chi connectivity index (χ4v) is 2.63. The highest BCUT2D eigenvalue weighted by atomic mass is 35.5. The third-order valence-corrected chi connectivity index (χ3v) is 4.02. The van der Waals surface area contributed by atoms with Gasteiger partial charge >= 0.3 is 0 Å². The highest BCUT2D eigenvalue weighted by Gasteiger charge is 2.18. The summed E-state index contributed by atoms with van der Waals surface area (Å²) in [5.74, 6) is 0.631. The van der Waals surface area contributed by atoms with E-state index in [1.165, 1.54) is 18.4 Å². The van der Waals surface area contributed by atoms with Crippen LogP contribution in [0.3, 0.4) is 0 Å². The van der Waals surface area contributed by atoms with E-state index < -0.39 is 0 Å². The molecule has 0 saturated carbocycles. The number of hydrogen-bond donors (Lipinski definition) is 1. The monoisotopic (exact) mass is 286 g/mol. The second kappa shape index (κ2) is 7.83. The van der Waals surface area contributed by atoms with Crippen LogP contribution in [-0.2, 0) is 0 Å². The second-order valence-corrected chi connectivity index (χ2v) is 5.36. The van der Waals surface area contributed by atoms with E-state index in [0.29, 0.717) is 6.04 Å². The molecule has 1 saturated heterocycles. The standard InChI is InChI=1S/C15H23FN2.ClH/c1-12(14-3-5-15(16)6-4-14)18(2)11-13-7-9-17-10-8-13;/h3-6,12-13,17H,7-11H2,1-2H3;1H. The summed E-state index contributed by atoms with van der Waals surface area (Å²) in [6.45, 7) is 5.60. The van der Waals surface area contributed by atoms with Gasteiger partial charge in [0, 0.05) is 12.6 Å². The number of piperidine rings is 1. The molecular formula is C15H24ClFN2. The van der Waals surface area contributed by atoms with Gasteiger partial charge in [0.05, 0.1) is 0 Å². The van der Waals surface area contributed by atoms with Gasteiger partial charge in [-0.1, -0.05) is 12.1 Å². The smallest absolute Gasteiger partial charge is 0.123 e. The van der Waals surface area contributed by atoms with Crippen molar-refractivity contribution in [3.63, 3.8) is 0 Å². The van der Waals surface area contributed by atoms with Crippen LogP contribution < -0.4 is 5.32 Å². The lowest BCUT2D eigenvalue weighted by Gasteiger charge is -2.31. The Balaban J connectivity index is 0.00000180. The molecule has 1 heterocycles. The fourth-order valence-electron chi connectivity index (χ4n) is 2.63. The molecule has 1 atom stereocenters. The Morgan fingerprint density at radius 1 is 1.26 bits per heavy atom. The summed E-state index contributed by atoms with van der Waals surface area (Å²) in [5, 5.41) is 3.39. The van der Waals surface area contributed by atoms with Crippen molar-refractivity contribution >= 4 is 12.4 Å². The van der Waals surface area contributed by atoms with Gasteiger partial charge in [0.2, 0.25) is 0 Å². The lowest BCUT2D eigenvalue weighted by Crippen LogP contribution is -2.35. The number of halogens is 2. The van der Waals surface area contributed by atoms with Crippen LogP contribution in [-0.4, -0.2) is 31.6 Å². The number of nitrogens with zero attached hydrogens (tertiary/aromatic N) is 1. The van der Waals surface area contributed by atoms with Crippen LogP contribution in [0.1, 0.15) is 31.4 Å². The molecule has 4 heteroatoms. The van der Waals surface area contributed by atoms with Gasteiger partial charge in [-0.25, -0.2) is 4.39 Å². The highest BCUT2D eigenvalue weighted by Crippen LogP contribution is 2.22. The zero-order chi connectivity index (χ0) is 13.0. The van der Waals surface area contributed by atoms with Crippen LogP contribution in [0.5, 0.6) is 0 Å². The maximum absolute atomic E-state index is 12.9. The third kappa shape index (κ3) is 4.75. The van der Waals surface area contributed by atoms with E-state index in [9.17, 15) is 4.39 Å². The summed E-state index contributed by atoms with van der Waals surface area (Å²) >= 11 is 0. The largest absolute Gasteiger partial charge is 0.317 e. The number of hydrogen-bond acceptors (Lipinski definition) is 2. The van der Waals surface area contributed by atoms with Crippen LogP contribution in [0, 0.1) is 11.7 Å². The Labute approximate surface area is 121 Å². The van der Waals surface area contributed by atoms with Gasteiger partial charge in [-0.2, -0.15) is 0 Å². The molecule has 108 valence electrons. The molecule has 2 rings (SSSR count). The average molecular weight is 287 g/mol. The van der Waals surface area contributed by atoms with Crippen LogP contribution in [0.4, 0.5) is 4.39 Å². The lowest BCUT2D eigenvalue weighted by atomic mass is 9.96. The van der Waals surface area contributed by atoms with Crippen molar-refractivity contribution in [2.45, 2.75) is 25.8 Å². The zero-order valence-electron chi connectivity index (χ0n) is 11.7. The third-order valence-electron chi connectivity index (χ3n) is 4.02. The van der Waals surface area contributed by atoms with Crippen LogP contribution >= 0.6 is 12.4 Å². The van der Waals surface area contributed by atoms with Crippen molar-refractivity contribution in [2.75, 3.05) is 26.7 Å². The zero-order valence-corrected chi connectivity index (χ0v) is 12.5. The van der Waals surface area contributed by atoms with Gasteiger partial charge in [-0.3, -0.25) is 4.90 Å². The summed E-state index contributed by atoms with van der Waals surface area (Å²) in [4.78, 5) is 2.38. The molecule has 1 aliphatic heterocycles. The molecule has 0 aromatic heterocycles. The Kier molecular flexibility index (Phi) is 6.76. The molecule has 1 N–H and O–H groups in total. The van der Waals surface area contributed by atoms with E-state index in [4.69, 9.17) is 0 Å². The summed E-state index contributed by atoms with van der Waals surface area (Å²) in [6, 6.07) is 7.21. The SMILES string of the molecule is CC(c1ccc(F)cc1)N(C)CC1CCNCC1.Cl. The van der Waals surface area contributed by atoms with Crippen molar-refractivity contribution in [1.82, 2.24) is 10.2 Å². The van der Waals surface area contributed by atoms with Gasteiger partial charge < -0.3 is 5.32 Å². The Morgan fingerprint density at radius 3 is 2.42 bits per heavy atom. The van der Waals surface area contributed by atoms with Crippen LogP contribution in [0.25, 0.3) is 0 Å². The van der Waals surface area contributed by atoms with Gasteiger partial charge in [-0.05, 0) is 63.5 Å². The molecule has 1 aromatic rings. The van der Waals surface area contributed by atoms with E-state index in [0.717, 1.165) is 25.6 Å². The molecule has 0 bridgehead atoms. The molecule has 1 fully saturated rings. The predicted octanol–water partition coefficient (Wildman–Crippen LogP) is 3.24. The summed E-state index contributed by atoms with van der Waals surface area (Å²) in [5.41, 5.74) is 1.19. The first-order valence-corrected chi connectivity index (χ1v) is 6.83. The van der Waals surface area contributed by atoms with E-state index in [2.05, 4.69) is 24.2 Å². The fraction of sp³-hybridized carbons (Fsp3) is 0.600. The van der Waals surface area contributed by atoms with Crippen LogP contribution in [0.15, 0.2) is 24.3 Å². The van der Waals surface area contributed by atoms with Crippen molar-refractivity contribution < 1.29 is 4.39 Å². The minimum Gasteiger partial charge on any atom is -0.317 e. The molecule has 0 spiro atoms. The molecule has 0 radical (unpaired) electrons. The Bertz CT molecular complexity index is 363. The molecule has 0 aliphatic carbocycles. The van der Waals surface area contributed by atoms with Crippen molar-refractivity contribution in [3.05, 3.63) is 35.6 Å². The van der Waals surface area contributed by atoms with Crippen molar-refractivity contribution in [1.29, 1.82) is 0 Å². The van der Waals surface area contributed by atoms with Crippen molar-refractivity contribution in [2.24, 2.45) is 5.92 Å². The Hall–Kier alpha value is -0.640. The van der Waals surface area contributed by atoms with Crippen molar-refractivity contribution in [3.8, 4) is 0 Å². The number of nitrogens with one attached hydrogen (secondary N) is 1. The Morgan fingerprint density at radius 2 is 1.84 bits per heavy atom. The average Bonchev–Trinajstić information content (AvgIpc) is 2.40. The molecule has 0 amide bonds. The minimum atomic E-state index is -0.160. The molecule has 1 unspecified atom stereocenters. The minimum absolute atomic E-state index is 0. The summed E-state index contributed by atoms with van der Waals surface area (Å²) in [7, 11) is 2.16. The van der Waals surface area contributed by atoms with E-state index in [1.54, 1.807) is 12.1 Å². The van der Waals surface area contributed by atoms with E-state index in [1.807, 2.05) is 12.1 Å². The van der Waals surface area contributed by atoms with Gasteiger partial charge in [0.15, 0.2) is 0 Å². The van der Waals surface area contributed by atoms with Gasteiger partial charge in [-0.15, -0.1) is 12.4 Å². The predicted molar refractivity (Wildman–Crippen MR) is 80.3 cm³/mol. The molecule has 1 aromatic carbocycles. The maximum Gasteiger partial charge on any atom is 0.123 e. The highest BCUT2D eigenvalue weighted by molar-refractivity contribution is 5.85. The summed E-state index contributed by atoms with van der Waals surface area (Å²) in [6.07, 6.45) is 2.53. The molecule has 2 nitrogen and oxygen atoms in total. The first-order valence-electron chi connectivity index (χ1n) is 6.83. The quantitative estimate of drug-likeness (QED) is 0.914. The lowest BCUT2D eigenvalue weighted by molar-refractivity contribution is 0.196. The second-order valence-electron chi connectivity index (χ2n) is 5.36. The number of rotatable bonds is 4. The van der Waals surface area contributed by atoms with Gasteiger partial charge in [0.1, 0.15) is 5.82 Å². The molecule has 1 aliphatic rings. The van der Waals surface area contributed by atoms with Gasteiger partial charge in [0.25, 0.3) is 0 Å². The maximum atomic E-state index is 12.9. The van der Waals surface area contributed by atoms with E-state index in [-0.39, 0.29) is 18.2 Å². The topological polar surface area (TPSA) is 15.3 Å². The van der Waals surface area contributed by atoms with Crippen LogP contribution in [0.2, 0.25) is 0 Å². The first-order chi connectivity index (χ1) is 8.66. The normalized spacial score (nSPS) is 18.1. The number of benzene rings is 1. The molecular weight excluding hydrogens is 263 g/mol. The summed E-state index contributed by atoms with van der Waals surface area (Å²) < 4.78 is 12.9.